The second-order valence-corrected chi connectivity index (χ2v) is 8.98. The zero-order valence-corrected chi connectivity index (χ0v) is 24.4. The Morgan fingerprint density at radius 1 is 1.00 bits per heavy atom. The van der Waals surface area contributed by atoms with Crippen molar-refractivity contribution >= 4 is 15.4 Å². The van der Waals surface area contributed by atoms with E-state index >= 15 is 0 Å². The number of hydrogen-bond acceptors (Lipinski definition) is 1. The molecule has 30 heavy (non-hydrogen) atoms. The van der Waals surface area contributed by atoms with Gasteiger partial charge >= 0.3 is 21.7 Å². The molecule has 0 fully saturated rings. The van der Waals surface area contributed by atoms with Crippen molar-refractivity contribution in [2.45, 2.75) is 80.3 Å². The van der Waals surface area contributed by atoms with Crippen LogP contribution in [0.2, 0.25) is 13.1 Å². The van der Waals surface area contributed by atoms with Crippen LogP contribution < -0.4 is 24.8 Å². The monoisotopic (exact) mass is 502 g/mol. The van der Waals surface area contributed by atoms with E-state index in [-0.39, 0.29) is 58.4 Å². The molecule has 167 valence electrons. The van der Waals surface area contributed by atoms with Crippen LogP contribution in [-0.2, 0) is 21.7 Å². The molecule has 2 rings (SSSR count). The summed E-state index contributed by atoms with van der Waals surface area (Å²) >= 11 is 0. The van der Waals surface area contributed by atoms with Crippen molar-refractivity contribution < 1.29 is 51.3 Å². The largest absolute Gasteiger partial charge is 4.00 e. The van der Waals surface area contributed by atoms with Gasteiger partial charge in [0.05, 0.1) is 5.91 Å². The molecule has 0 heterocycles. The Balaban J connectivity index is -0.000000195. The van der Waals surface area contributed by atoms with Gasteiger partial charge in [-0.1, -0.05) is 85.7 Å². The summed E-state index contributed by atoms with van der Waals surface area (Å²) in [6.07, 6.45) is 3.36. The third kappa shape index (κ3) is 11.3. The van der Waals surface area contributed by atoms with Crippen molar-refractivity contribution in [1.29, 1.82) is 0 Å². The van der Waals surface area contributed by atoms with Gasteiger partial charge in [-0.05, 0) is 23.0 Å². The normalized spacial score (nSPS) is 14.3. The van der Waals surface area contributed by atoms with Crippen LogP contribution in [-0.4, -0.2) is 15.4 Å². The van der Waals surface area contributed by atoms with Crippen molar-refractivity contribution in [1.82, 2.24) is 0 Å². The number of benzene rings is 1. The molecule has 1 radical (unpaired) electrons. The zero-order chi connectivity index (χ0) is 21.3. The van der Waals surface area contributed by atoms with Crippen LogP contribution in [0.25, 0.3) is 5.73 Å². The molecular weight excluding hydrogens is 465 g/mol. The molecule has 1 amide bonds. The Bertz CT molecular complexity index is 674. The first-order valence-corrected chi connectivity index (χ1v) is 12.2. The van der Waals surface area contributed by atoms with E-state index in [4.69, 9.17) is 5.73 Å². The Hall–Kier alpha value is -0.319. The number of carbonyl (C=O) groups is 1. The molecule has 1 aromatic rings. The molecule has 1 aliphatic carbocycles. The van der Waals surface area contributed by atoms with Crippen LogP contribution in [0.3, 0.4) is 0 Å². The van der Waals surface area contributed by atoms with Gasteiger partial charge in [0.2, 0.25) is 0 Å². The minimum Gasteiger partial charge on any atom is -1.00 e. The van der Waals surface area contributed by atoms with Crippen molar-refractivity contribution in [2.75, 3.05) is 0 Å². The Morgan fingerprint density at radius 2 is 1.37 bits per heavy atom. The molecule has 1 aliphatic rings. The summed E-state index contributed by atoms with van der Waals surface area (Å²) in [5.41, 5.74) is 14.2. The number of amides is 1. The van der Waals surface area contributed by atoms with Crippen molar-refractivity contribution in [3.05, 3.63) is 63.4 Å². The third-order valence-corrected chi connectivity index (χ3v) is 4.84. The van der Waals surface area contributed by atoms with E-state index in [0.717, 1.165) is 20.6 Å². The summed E-state index contributed by atoms with van der Waals surface area (Å²) < 4.78 is 0. The molecule has 0 aromatic heterocycles. The van der Waals surface area contributed by atoms with Gasteiger partial charge in [0.15, 0.2) is 0 Å². The fraction of sp³-hybridized carbons (Fsp3) is 0.542. The second-order valence-electron chi connectivity index (χ2n) is 7.83. The van der Waals surface area contributed by atoms with Crippen LogP contribution in [0.4, 0.5) is 0 Å². The second kappa shape index (κ2) is 18.3. The van der Waals surface area contributed by atoms with Crippen LogP contribution >= 0.6 is 0 Å². The molecule has 1 aromatic carbocycles. The Kier molecular flexibility index (Phi) is 22.5. The van der Waals surface area contributed by atoms with E-state index in [1.165, 1.54) is 16.7 Å². The van der Waals surface area contributed by atoms with Crippen LogP contribution in [0.5, 0.6) is 0 Å². The first kappa shape index (κ1) is 37.0. The zero-order valence-electron chi connectivity index (χ0n) is 20.2. The minimum absolute atomic E-state index is 0. The summed E-state index contributed by atoms with van der Waals surface area (Å²) in [7, 11) is 0.750. The predicted molar refractivity (Wildman–Crippen MR) is 122 cm³/mol. The van der Waals surface area contributed by atoms with Gasteiger partial charge < -0.3 is 35.3 Å². The molecule has 0 aliphatic heterocycles. The SMILES string of the molecule is CC(C)c1cccc(C(C)C)c1C([NH-])=O.CC1=[C-]C(C)C(C)=C1C.C[SiH]C.[Cl-].[Cl-].[Ti+4]. The van der Waals surface area contributed by atoms with Gasteiger partial charge in [0, 0.05) is 15.1 Å². The number of hydrogen-bond donors (Lipinski definition) is 0. The Morgan fingerprint density at radius 3 is 1.53 bits per heavy atom. The van der Waals surface area contributed by atoms with Gasteiger partial charge in [-0.15, -0.1) is 6.92 Å². The number of nitrogens with one attached hydrogen (secondary N) is 1. The molecule has 1 unspecified atom stereocenters. The third-order valence-electron chi connectivity index (χ3n) is 4.84. The van der Waals surface area contributed by atoms with Crippen LogP contribution in [0, 0.1) is 12.0 Å². The van der Waals surface area contributed by atoms with Gasteiger partial charge in [0.25, 0.3) is 0 Å². The summed E-state index contributed by atoms with van der Waals surface area (Å²) in [5.74, 6) is 0.564. The van der Waals surface area contributed by atoms with E-state index in [0.29, 0.717) is 11.5 Å². The predicted octanol–water partition coefficient (Wildman–Crippen LogP) is 1.37. The minimum atomic E-state index is -0.567. The van der Waals surface area contributed by atoms with E-state index in [1.54, 1.807) is 0 Å². The van der Waals surface area contributed by atoms with Gasteiger partial charge in [-0.25, -0.2) is 5.57 Å². The van der Waals surface area contributed by atoms with Crippen molar-refractivity contribution in [2.24, 2.45) is 5.92 Å². The molecular formula is C24H38Cl2NOSiTi. The molecule has 0 spiro atoms. The van der Waals surface area contributed by atoms with Crippen LogP contribution in [0.15, 0.2) is 34.9 Å². The number of rotatable bonds is 3. The molecule has 1 atom stereocenters. The topological polar surface area (TPSA) is 40.9 Å². The molecule has 2 nitrogen and oxygen atoms in total. The van der Waals surface area contributed by atoms with Gasteiger partial charge in [-0.3, -0.25) is 6.08 Å². The molecule has 1 N–H and O–H groups in total. The Labute approximate surface area is 215 Å². The van der Waals surface area contributed by atoms with E-state index < -0.39 is 5.91 Å². The smallest absolute Gasteiger partial charge is 1.00 e. The van der Waals surface area contributed by atoms with E-state index in [1.807, 2.05) is 45.9 Å². The maximum absolute atomic E-state index is 11.4. The molecule has 6 heteroatoms. The molecule has 0 saturated carbocycles. The first-order chi connectivity index (χ1) is 12.5. The molecule has 0 bridgehead atoms. The van der Waals surface area contributed by atoms with E-state index in [9.17, 15) is 4.79 Å². The van der Waals surface area contributed by atoms with Crippen molar-refractivity contribution in [3.63, 3.8) is 0 Å². The maximum Gasteiger partial charge on any atom is 4.00 e. The standard InChI is InChI=1S/C13H19NO.C9H13.C2H7Si.2ClH.Ti/c1-8(2)10-6-5-7-11(9(3)4)12(10)13(14)15;1-6-5-7(2)9(4)8(6)3;1-3-2;;;/h5-9H,1-4H3,(H2,14,15);6H,1-4H3;3H,1-2H3;2*1H;/q;-1;;;;+4/p-3. The average molecular weight is 503 g/mol. The number of carbonyl (C=O) groups excluding carboxylic acids is 1. The summed E-state index contributed by atoms with van der Waals surface area (Å²) in [5, 5.41) is 0. The van der Waals surface area contributed by atoms with Crippen molar-refractivity contribution in [3.8, 4) is 0 Å². The van der Waals surface area contributed by atoms with Gasteiger partial charge in [0.1, 0.15) is 0 Å². The van der Waals surface area contributed by atoms with E-state index in [2.05, 4.69) is 46.9 Å². The number of allylic oxidation sites excluding steroid dienone is 4. The fourth-order valence-corrected chi connectivity index (χ4v) is 2.97. The maximum atomic E-state index is 11.4. The fourth-order valence-electron chi connectivity index (χ4n) is 2.97. The summed E-state index contributed by atoms with van der Waals surface area (Å²) in [4.78, 5) is 11.4. The average Bonchev–Trinajstić information content (AvgIpc) is 2.81. The molecule has 0 saturated heterocycles. The number of halogens is 2. The summed E-state index contributed by atoms with van der Waals surface area (Å²) in [6, 6.07) is 5.85. The van der Waals surface area contributed by atoms with Crippen LogP contribution in [0.1, 0.15) is 88.7 Å². The van der Waals surface area contributed by atoms with Gasteiger partial charge in [-0.2, -0.15) is 11.1 Å². The quantitative estimate of drug-likeness (QED) is 0.454. The summed E-state index contributed by atoms with van der Waals surface area (Å²) in [6.45, 7) is 21.3. The first-order valence-electron chi connectivity index (χ1n) is 9.89.